The SMILES string of the molecule is CCOCCCNc1nc(C)cn1Cc1ccc(F)cc1. The van der Waals surface area contributed by atoms with Crippen LogP contribution in [0.4, 0.5) is 10.3 Å². The molecule has 21 heavy (non-hydrogen) atoms. The maximum atomic E-state index is 12.9. The van der Waals surface area contributed by atoms with Crippen molar-refractivity contribution in [3.63, 3.8) is 0 Å². The molecular formula is C16H22FN3O. The maximum Gasteiger partial charge on any atom is 0.203 e. The Kier molecular flexibility index (Phi) is 5.75. The van der Waals surface area contributed by atoms with Gasteiger partial charge in [-0.05, 0) is 38.0 Å². The van der Waals surface area contributed by atoms with E-state index in [2.05, 4.69) is 10.3 Å². The lowest BCUT2D eigenvalue weighted by Crippen LogP contribution is -2.11. The van der Waals surface area contributed by atoms with Gasteiger partial charge in [0.05, 0.1) is 12.2 Å². The summed E-state index contributed by atoms with van der Waals surface area (Å²) in [6, 6.07) is 6.55. The first-order valence-corrected chi connectivity index (χ1v) is 7.29. The highest BCUT2D eigenvalue weighted by atomic mass is 19.1. The number of aromatic nitrogens is 2. The Balaban J connectivity index is 1.94. The molecule has 5 heteroatoms. The van der Waals surface area contributed by atoms with E-state index in [1.54, 1.807) is 12.1 Å². The molecule has 0 fully saturated rings. The quantitative estimate of drug-likeness (QED) is 0.759. The third kappa shape index (κ3) is 4.86. The molecule has 1 aromatic heterocycles. The van der Waals surface area contributed by atoms with Crippen LogP contribution in [0, 0.1) is 12.7 Å². The van der Waals surface area contributed by atoms with Gasteiger partial charge in [0.15, 0.2) is 0 Å². The Hall–Kier alpha value is -1.88. The van der Waals surface area contributed by atoms with Crippen LogP contribution in [-0.2, 0) is 11.3 Å². The van der Waals surface area contributed by atoms with Crippen LogP contribution in [-0.4, -0.2) is 29.3 Å². The minimum Gasteiger partial charge on any atom is -0.382 e. The average molecular weight is 291 g/mol. The minimum atomic E-state index is -0.213. The number of anilines is 1. The molecule has 0 bridgehead atoms. The third-order valence-electron chi connectivity index (χ3n) is 3.12. The highest BCUT2D eigenvalue weighted by molar-refractivity contribution is 5.30. The average Bonchev–Trinajstić information content (AvgIpc) is 2.81. The van der Waals surface area contributed by atoms with E-state index in [4.69, 9.17) is 4.74 Å². The van der Waals surface area contributed by atoms with E-state index in [1.807, 2.05) is 24.6 Å². The Morgan fingerprint density at radius 2 is 2.05 bits per heavy atom. The van der Waals surface area contributed by atoms with Gasteiger partial charge in [-0.25, -0.2) is 9.37 Å². The van der Waals surface area contributed by atoms with E-state index in [0.29, 0.717) is 6.54 Å². The van der Waals surface area contributed by atoms with Crippen LogP contribution in [0.5, 0.6) is 0 Å². The molecule has 0 spiro atoms. The second kappa shape index (κ2) is 7.78. The smallest absolute Gasteiger partial charge is 0.203 e. The summed E-state index contributed by atoms with van der Waals surface area (Å²) in [5.74, 6) is 0.628. The van der Waals surface area contributed by atoms with Crippen LogP contribution in [0.3, 0.4) is 0 Å². The second-order valence-electron chi connectivity index (χ2n) is 4.94. The second-order valence-corrected chi connectivity index (χ2v) is 4.94. The summed E-state index contributed by atoms with van der Waals surface area (Å²) in [6.45, 7) is 6.95. The van der Waals surface area contributed by atoms with Gasteiger partial charge >= 0.3 is 0 Å². The lowest BCUT2D eigenvalue weighted by Gasteiger charge is -2.10. The number of aryl methyl sites for hydroxylation is 1. The zero-order valence-electron chi connectivity index (χ0n) is 12.6. The molecule has 2 rings (SSSR count). The molecule has 2 aromatic rings. The molecule has 1 heterocycles. The van der Waals surface area contributed by atoms with Crippen LogP contribution in [0.2, 0.25) is 0 Å². The highest BCUT2D eigenvalue weighted by Crippen LogP contribution is 2.12. The highest BCUT2D eigenvalue weighted by Gasteiger charge is 2.06. The summed E-state index contributed by atoms with van der Waals surface area (Å²) < 4.78 is 20.3. The predicted octanol–water partition coefficient (Wildman–Crippen LogP) is 3.22. The number of nitrogens with one attached hydrogen (secondary N) is 1. The van der Waals surface area contributed by atoms with Crippen LogP contribution in [0.1, 0.15) is 24.6 Å². The number of imidazole rings is 1. The fourth-order valence-electron chi connectivity index (χ4n) is 2.11. The largest absolute Gasteiger partial charge is 0.382 e. The number of benzene rings is 1. The molecule has 1 N–H and O–H groups in total. The third-order valence-corrected chi connectivity index (χ3v) is 3.12. The van der Waals surface area contributed by atoms with E-state index >= 15 is 0 Å². The Bertz CT molecular complexity index is 551. The van der Waals surface area contributed by atoms with Crippen LogP contribution in [0.15, 0.2) is 30.5 Å². The minimum absolute atomic E-state index is 0.213. The number of ether oxygens (including phenoxy) is 1. The lowest BCUT2D eigenvalue weighted by atomic mass is 10.2. The van der Waals surface area contributed by atoms with Gasteiger partial charge in [-0.15, -0.1) is 0 Å². The summed E-state index contributed by atoms with van der Waals surface area (Å²) in [4.78, 5) is 4.48. The van der Waals surface area contributed by atoms with Gasteiger partial charge in [0, 0.05) is 26.0 Å². The summed E-state index contributed by atoms with van der Waals surface area (Å²) in [7, 11) is 0. The van der Waals surface area contributed by atoms with Gasteiger partial charge in [0.1, 0.15) is 5.82 Å². The first-order valence-electron chi connectivity index (χ1n) is 7.29. The first kappa shape index (κ1) is 15.5. The van der Waals surface area contributed by atoms with E-state index in [0.717, 1.165) is 43.4 Å². The molecule has 0 saturated heterocycles. The molecule has 114 valence electrons. The predicted molar refractivity (Wildman–Crippen MR) is 82.1 cm³/mol. The summed E-state index contributed by atoms with van der Waals surface area (Å²) >= 11 is 0. The number of hydrogen-bond acceptors (Lipinski definition) is 3. The van der Waals surface area contributed by atoms with Crippen molar-refractivity contribution in [2.75, 3.05) is 25.1 Å². The number of hydrogen-bond donors (Lipinski definition) is 1. The molecule has 0 atom stereocenters. The number of nitrogens with zero attached hydrogens (tertiary/aromatic N) is 2. The van der Waals surface area contributed by atoms with E-state index in [-0.39, 0.29) is 5.82 Å². The van der Waals surface area contributed by atoms with E-state index in [1.165, 1.54) is 12.1 Å². The van der Waals surface area contributed by atoms with Crippen molar-refractivity contribution < 1.29 is 9.13 Å². The summed E-state index contributed by atoms with van der Waals surface area (Å²) in [5, 5.41) is 3.32. The molecule has 0 saturated carbocycles. The van der Waals surface area contributed by atoms with Crippen molar-refractivity contribution in [2.45, 2.75) is 26.8 Å². The standard InChI is InChI=1S/C16H22FN3O/c1-3-21-10-4-9-18-16-19-13(2)11-20(16)12-14-5-7-15(17)8-6-14/h5-8,11H,3-4,9-10,12H2,1-2H3,(H,18,19). The first-order chi connectivity index (χ1) is 10.2. The molecule has 0 aliphatic heterocycles. The van der Waals surface area contributed by atoms with Gasteiger partial charge in [-0.2, -0.15) is 0 Å². The van der Waals surface area contributed by atoms with E-state index in [9.17, 15) is 4.39 Å². The van der Waals surface area contributed by atoms with Gasteiger partial charge in [0.25, 0.3) is 0 Å². The number of halogens is 1. The van der Waals surface area contributed by atoms with Crippen LogP contribution in [0.25, 0.3) is 0 Å². The zero-order chi connectivity index (χ0) is 15.1. The molecule has 0 unspecified atom stereocenters. The molecule has 1 aromatic carbocycles. The van der Waals surface area contributed by atoms with Crippen molar-refractivity contribution in [3.8, 4) is 0 Å². The molecule has 0 radical (unpaired) electrons. The Morgan fingerprint density at radius 1 is 1.29 bits per heavy atom. The van der Waals surface area contributed by atoms with Gasteiger partial charge < -0.3 is 14.6 Å². The lowest BCUT2D eigenvalue weighted by molar-refractivity contribution is 0.147. The van der Waals surface area contributed by atoms with Crippen LogP contribution >= 0.6 is 0 Å². The zero-order valence-corrected chi connectivity index (χ0v) is 12.6. The van der Waals surface area contributed by atoms with Crippen molar-refractivity contribution in [2.24, 2.45) is 0 Å². The van der Waals surface area contributed by atoms with Crippen molar-refractivity contribution in [1.82, 2.24) is 9.55 Å². The topological polar surface area (TPSA) is 39.1 Å². The van der Waals surface area contributed by atoms with Gasteiger partial charge in [-0.1, -0.05) is 12.1 Å². The molecule has 0 aliphatic rings. The molecular weight excluding hydrogens is 269 g/mol. The maximum absolute atomic E-state index is 12.9. The van der Waals surface area contributed by atoms with Crippen molar-refractivity contribution in [3.05, 3.63) is 47.5 Å². The molecule has 4 nitrogen and oxygen atoms in total. The number of rotatable bonds is 8. The summed E-state index contributed by atoms with van der Waals surface area (Å²) in [5.41, 5.74) is 2.01. The van der Waals surface area contributed by atoms with Crippen molar-refractivity contribution >= 4 is 5.95 Å². The van der Waals surface area contributed by atoms with Crippen molar-refractivity contribution in [1.29, 1.82) is 0 Å². The van der Waals surface area contributed by atoms with Crippen LogP contribution < -0.4 is 5.32 Å². The molecule has 0 amide bonds. The molecule has 0 aliphatic carbocycles. The van der Waals surface area contributed by atoms with Gasteiger partial charge in [0.2, 0.25) is 5.95 Å². The van der Waals surface area contributed by atoms with E-state index < -0.39 is 0 Å². The fourth-order valence-corrected chi connectivity index (χ4v) is 2.11. The fraction of sp³-hybridized carbons (Fsp3) is 0.438. The van der Waals surface area contributed by atoms with Gasteiger partial charge in [-0.3, -0.25) is 0 Å². The Labute approximate surface area is 125 Å². The summed E-state index contributed by atoms with van der Waals surface area (Å²) in [6.07, 6.45) is 2.94. The normalized spacial score (nSPS) is 10.8. The monoisotopic (exact) mass is 291 g/mol. The Morgan fingerprint density at radius 3 is 2.76 bits per heavy atom.